The highest BCUT2D eigenvalue weighted by Crippen LogP contribution is 2.33. The number of ether oxygens (including phenoxy) is 1. The van der Waals surface area contributed by atoms with Crippen LogP contribution < -0.4 is 20.7 Å². The molecule has 0 aliphatic carbocycles. The van der Waals surface area contributed by atoms with Gasteiger partial charge in [-0.1, -0.05) is 32.4 Å². The number of anilines is 1. The van der Waals surface area contributed by atoms with Gasteiger partial charge >= 0.3 is 0 Å². The number of carbonyl (C=O) groups excluding carboxylic acids is 1. The molecule has 0 spiro atoms. The molecule has 1 fully saturated rings. The molecule has 1 aromatic rings. The number of hydrogen-bond acceptors (Lipinski definition) is 4. The average Bonchev–Trinajstić information content (AvgIpc) is 2.93. The number of nitrogens with zero attached hydrogens (tertiary/aromatic N) is 1. The molecule has 1 aliphatic heterocycles. The Bertz CT molecular complexity index is 571. The molecule has 0 aromatic heterocycles. The van der Waals surface area contributed by atoms with Crippen molar-refractivity contribution in [1.29, 1.82) is 0 Å². The van der Waals surface area contributed by atoms with Crippen molar-refractivity contribution in [2.24, 2.45) is 11.1 Å². The van der Waals surface area contributed by atoms with Crippen LogP contribution in [-0.2, 0) is 4.79 Å². The fourth-order valence-corrected chi connectivity index (χ4v) is 2.86. The van der Waals surface area contributed by atoms with Crippen molar-refractivity contribution in [3.63, 3.8) is 0 Å². The summed E-state index contributed by atoms with van der Waals surface area (Å²) in [5.41, 5.74) is 6.72. The summed E-state index contributed by atoms with van der Waals surface area (Å²) in [6, 6.07) is 5.13. The summed E-state index contributed by atoms with van der Waals surface area (Å²) in [4.78, 5) is 14.4. The van der Waals surface area contributed by atoms with Crippen molar-refractivity contribution in [2.45, 2.75) is 39.3 Å². The van der Waals surface area contributed by atoms with Crippen LogP contribution in [-0.4, -0.2) is 38.2 Å². The molecule has 0 saturated carbocycles. The molecule has 2 rings (SSSR count). The summed E-state index contributed by atoms with van der Waals surface area (Å²) in [5, 5.41) is 3.73. The van der Waals surface area contributed by atoms with Crippen LogP contribution in [0.15, 0.2) is 18.2 Å². The van der Waals surface area contributed by atoms with Crippen LogP contribution in [0, 0.1) is 5.41 Å². The Balaban J connectivity index is 2.02. The Morgan fingerprint density at radius 1 is 1.48 bits per heavy atom. The normalized spacial score (nSPS) is 19.6. The second-order valence-corrected chi connectivity index (χ2v) is 7.54. The molecular weight excluding hydrogens is 314 g/mol. The molecule has 1 unspecified atom stereocenters. The van der Waals surface area contributed by atoms with Gasteiger partial charge in [0.05, 0.1) is 18.8 Å². The highest BCUT2D eigenvalue weighted by molar-refractivity contribution is 6.30. The number of amides is 1. The largest absolute Gasteiger partial charge is 0.495 e. The lowest BCUT2D eigenvalue weighted by molar-refractivity contribution is -0.125. The van der Waals surface area contributed by atoms with E-state index in [1.54, 1.807) is 7.11 Å². The average molecular weight is 340 g/mol. The number of benzene rings is 1. The minimum absolute atomic E-state index is 0.0830. The van der Waals surface area contributed by atoms with E-state index in [1.807, 2.05) is 39.0 Å². The van der Waals surface area contributed by atoms with E-state index in [4.69, 9.17) is 22.1 Å². The summed E-state index contributed by atoms with van der Waals surface area (Å²) in [7, 11) is 1.64. The molecule has 0 bridgehead atoms. The molecule has 1 aromatic carbocycles. The number of nitrogens with one attached hydrogen (secondary N) is 1. The molecule has 0 radical (unpaired) electrons. The Hall–Kier alpha value is -1.46. The first-order valence-electron chi connectivity index (χ1n) is 7.87. The molecule has 1 saturated heterocycles. The molecule has 1 amide bonds. The van der Waals surface area contributed by atoms with E-state index >= 15 is 0 Å². The van der Waals surface area contributed by atoms with E-state index in [1.165, 1.54) is 0 Å². The minimum atomic E-state index is -0.516. The predicted octanol–water partition coefficient (Wildman–Crippen LogP) is 2.42. The van der Waals surface area contributed by atoms with Gasteiger partial charge in [-0.15, -0.1) is 0 Å². The Labute approximate surface area is 143 Å². The maximum atomic E-state index is 12.3. The Morgan fingerprint density at radius 2 is 2.17 bits per heavy atom. The summed E-state index contributed by atoms with van der Waals surface area (Å²) >= 11 is 6.10. The molecule has 5 nitrogen and oxygen atoms in total. The molecular formula is C17H26ClN3O2. The highest BCUT2D eigenvalue weighted by atomic mass is 35.5. The summed E-state index contributed by atoms with van der Waals surface area (Å²) in [6.07, 6.45) is 0.873. The van der Waals surface area contributed by atoms with Gasteiger partial charge in [-0.05, 0) is 30.0 Å². The van der Waals surface area contributed by atoms with Crippen LogP contribution in [0.2, 0.25) is 5.02 Å². The number of hydrogen-bond donors (Lipinski definition) is 2. The quantitative estimate of drug-likeness (QED) is 0.884. The van der Waals surface area contributed by atoms with E-state index in [0.717, 1.165) is 30.9 Å². The fraction of sp³-hybridized carbons (Fsp3) is 0.588. The van der Waals surface area contributed by atoms with Crippen molar-refractivity contribution in [2.75, 3.05) is 25.1 Å². The van der Waals surface area contributed by atoms with E-state index in [0.29, 0.717) is 5.02 Å². The first-order valence-corrected chi connectivity index (χ1v) is 8.24. The van der Waals surface area contributed by atoms with Crippen LogP contribution in [0.25, 0.3) is 0 Å². The van der Waals surface area contributed by atoms with Crippen molar-refractivity contribution >= 4 is 23.2 Å². The van der Waals surface area contributed by atoms with Crippen LogP contribution >= 0.6 is 11.6 Å². The summed E-state index contributed by atoms with van der Waals surface area (Å²) in [6.45, 7) is 7.46. The highest BCUT2D eigenvalue weighted by Gasteiger charge is 2.31. The lowest BCUT2D eigenvalue weighted by Crippen LogP contribution is -2.51. The van der Waals surface area contributed by atoms with Crippen molar-refractivity contribution in [1.82, 2.24) is 5.32 Å². The van der Waals surface area contributed by atoms with Gasteiger partial charge in [0.1, 0.15) is 5.75 Å². The third-order valence-corrected chi connectivity index (χ3v) is 4.47. The lowest BCUT2D eigenvalue weighted by Gasteiger charge is -2.27. The van der Waals surface area contributed by atoms with Crippen LogP contribution in [0.1, 0.15) is 27.2 Å². The molecule has 2 atom stereocenters. The molecule has 3 N–H and O–H groups in total. The number of carbonyl (C=O) groups is 1. The van der Waals surface area contributed by atoms with E-state index in [-0.39, 0.29) is 17.4 Å². The maximum Gasteiger partial charge on any atom is 0.237 e. The zero-order chi connectivity index (χ0) is 17.2. The number of nitrogens with two attached hydrogens (primary N) is 1. The fourth-order valence-electron chi connectivity index (χ4n) is 2.69. The van der Waals surface area contributed by atoms with Gasteiger partial charge in [-0.25, -0.2) is 0 Å². The van der Waals surface area contributed by atoms with E-state index in [9.17, 15) is 4.79 Å². The van der Waals surface area contributed by atoms with Gasteiger partial charge in [-0.3, -0.25) is 4.79 Å². The van der Waals surface area contributed by atoms with Crippen molar-refractivity contribution in [3.05, 3.63) is 23.2 Å². The van der Waals surface area contributed by atoms with Crippen LogP contribution in [0.3, 0.4) is 0 Å². The zero-order valence-electron chi connectivity index (χ0n) is 14.2. The monoisotopic (exact) mass is 339 g/mol. The topological polar surface area (TPSA) is 67.6 Å². The first kappa shape index (κ1) is 17.9. The van der Waals surface area contributed by atoms with Gasteiger partial charge in [0.15, 0.2) is 0 Å². The zero-order valence-corrected chi connectivity index (χ0v) is 15.0. The van der Waals surface area contributed by atoms with Gasteiger partial charge in [0.2, 0.25) is 5.91 Å². The first-order chi connectivity index (χ1) is 10.7. The number of methoxy groups -OCH3 is 1. The summed E-state index contributed by atoms with van der Waals surface area (Å²) < 4.78 is 5.40. The number of rotatable bonds is 4. The molecule has 1 aliphatic rings. The van der Waals surface area contributed by atoms with E-state index in [2.05, 4.69) is 10.2 Å². The third-order valence-electron chi connectivity index (χ3n) is 4.23. The predicted molar refractivity (Wildman–Crippen MR) is 94.2 cm³/mol. The van der Waals surface area contributed by atoms with Gasteiger partial charge in [-0.2, -0.15) is 0 Å². The van der Waals surface area contributed by atoms with Gasteiger partial charge in [0, 0.05) is 24.2 Å². The SMILES string of the molecule is COc1ccc(Cl)cc1N1CCC(NC(=O)[C@@H](N)C(C)(C)C)C1. The van der Waals surface area contributed by atoms with Gasteiger partial charge < -0.3 is 20.7 Å². The maximum absolute atomic E-state index is 12.3. The smallest absolute Gasteiger partial charge is 0.237 e. The standard InChI is InChI=1S/C17H26ClN3O2/c1-17(2,3)15(19)16(22)20-12-7-8-21(10-12)13-9-11(18)5-6-14(13)23-4/h5-6,9,12,15H,7-8,10,19H2,1-4H3,(H,20,22)/t12?,15-/m1/s1. The van der Waals surface area contributed by atoms with Gasteiger partial charge in [0.25, 0.3) is 0 Å². The van der Waals surface area contributed by atoms with E-state index < -0.39 is 6.04 Å². The summed E-state index contributed by atoms with van der Waals surface area (Å²) in [5.74, 6) is 0.690. The van der Waals surface area contributed by atoms with Crippen molar-refractivity contribution < 1.29 is 9.53 Å². The van der Waals surface area contributed by atoms with Crippen LogP contribution in [0.5, 0.6) is 5.75 Å². The molecule has 1 heterocycles. The molecule has 23 heavy (non-hydrogen) atoms. The minimum Gasteiger partial charge on any atom is -0.495 e. The lowest BCUT2D eigenvalue weighted by atomic mass is 9.87. The molecule has 128 valence electrons. The number of halogens is 1. The Morgan fingerprint density at radius 3 is 2.78 bits per heavy atom. The second kappa shape index (κ2) is 6.97. The second-order valence-electron chi connectivity index (χ2n) is 7.10. The Kier molecular flexibility index (Phi) is 5.42. The molecule has 6 heteroatoms. The van der Waals surface area contributed by atoms with Crippen molar-refractivity contribution in [3.8, 4) is 5.75 Å². The third kappa shape index (κ3) is 4.30. The van der Waals surface area contributed by atoms with Crippen LogP contribution in [0.4, 0.5) is 5.69 Å².